The minimum atomic E-state index is -1.46. The first-order valence-corrected chi connectivity index (χ1v) is 14.9. The van der Waals surface area contributed by atoms with Crippen molar-refractivity contribution < 1.29 is 28.0 Å². The molecule has 0 aromatic heterocycles. The summed E-state index contributed by atoms with van der Waals surface area (Å²) in [6, 6.07) is 8.00. The predicted molar refractivity (Wildman–Crippen MR) is 153 cm³/mol. The van der Waals surface area contributed by atoms with Gasteiger partial charge in [-0.15, -0.1) is 0 Å². The molecule has 0 bridgehead atoms. The van der Waals surface area contributed by atoms with E-state index >= 15 is 0 Å². The number of morpholine rings is 1. The molecular formula is C28H44N4O6S. The number of carbonyl (C=O) groups excluding carboxylic acids is 1. The summed E-state index contributed by atoms with van der Waals surface area (Å²) in [5.74, 6) is 1.10. The number of rotatable bonds is 9. The van der Waals surface area contributed by atoms with Crippen molar-refractivity contribution in [3.63, 3.8) is 0 Å². The molecule has 5 atom stereocenters. The lowest BCUT2D eigenvalue weighted by Crippen LogP contribution is -2.61. The molecule has 2 aliphatic heterocycles. The highest BCUT2D eigenvalue weighted by Crippen LogP contribution is 2.25. The molecular weight excluding hydrogens is 520 g/mol. The van der Waals surface area contributed by atoms with Gasteiger partial charge in [-0.2, -0.15) is 0 Å². The fourth-order valence-corrected chi connectivity index (χ4v) is 5.14. The molecule has 11 heteroatoms. The Bertz CT molecular complexity index is 1030. The SMILES string of the molecule is CCOC1=N[C@H](C(C)C)C(OCC)=N[C@H]1[C@H](N[S@@](=O)C(C)(C)C)[C@H]1CN(C(=O)OCc2ccccc2)CCO1. The largest absolute Gasteiger partial charge is 0.480 e. The van der Waals surface area contributed by atoms with E-state index in [1.807, 2.05) is 65.0 Å². The summed E-state index contributed by atoms with van der Waals surface area (Å²) in [6.07, 6.45) is -0.976. The summed E-state index contributed by atoms with van der Waals surface area (Å²) in [4.78, 5) is 24.5. The van der Waals surface area contributed by atoms with Crippen LogP contribution < -0.4 is 4.72 Å². The number of carbonyl (C=O) groups is 1. The van der Waals surface area contributed by atoms with Crippen molar-refractivity contribution in [2.45, 2.75) is 84.0 Å². The third kappa shape index (κ3) is 8.49. The van der Waals surface area contributed by atoms with Crippen LogP contribution in [0.1, 0.15) is 54.0 Å². The van der Waals surface area contributed by atoms with Crippen LogP contribution in [-0.4, -0.2) is 88.9 Å². The van der Waals surface area contributed by atoms with E-state index in [1.54, 1.807) is 4.90 Å². The smallest absolute Gasteiger partial charge is 0.410 e. The standard InChI is InChI=1S/C28H44N4O6S/c1-8-35-25-22(19(3)4)29-26(36-9-2)24(30-25)23(31-39(34)28(5,6)7)21-17-32(15-16-37-21)27(33)38-18-20-13-11-10-12-14-20/h10-14,19,21-24,31H,8-9,15-18H2,1-7H3/t21-,22-,23-,24+,39+/m1/s1. The summed E-state index contributed by atoms with van der Waals surface area (Å²) in [5, 5.41) is 0. The van der Waals surface area contributed by atoms with Gasteiger partial charge in [0.2, 0.25) is 11.8 Å². The van der Waals surface area contributed by atoms with E-state index in [9.17, 15) is 9.00 Å². The molecule has 0 aliphatic carbocycles. The van der Waals surface area contributed by atoms with E-state index in [1.165, 1.54) is 0 Å². The van der Waals surface area contributed by atoms with Gasteiger partial charge in [-0.1, -0.05) is 44.2 Å². The van der Waals surface area contributed by atoms with E-state index in [0.29, 0.717) is 38.2 Å². The van der Waals surface area contributed by atoms with Gasteiger partial charge in [0.25, 0.3) is 0 Å². The highest BCUT2D eigenvalue weighted by atomic mass is 32.2. The Hall–Kier alpha value is -2.50. The van der Waals surface area contributed by atoms with Crippen molar-refractivity contribution in [1.29, 1.82) is 0 Å². The maximum atomic E-state index is 13.4. The van der Waals surface area contributed by atoms with Gasteiger partial charge in [0.05, 0.1) is 54.2 Å². The topological polar surface area (TPSA) is 111 Å². The van der Waals surface area contributed by atoms with Crippen LogP contribution in [0.2, 0.25) is 0 Å². The molecule has 1 N–H and O–H groups in total. The molecule has 0 saturated carbocycles. The van der Waals surface area contributed by atoms with Crippen LogP contribution in [0.5, 0.6) is 0 Å². The van der Waals surface area contributed by atoms with Crippen molar-refractivity contribution in [2.24, 2.45) is 15.9 Å². The Balaban J connectivity index is 1.89. The Morgan fingerprint density at radius 1 is 1.10 bits per heavy atom. The van der Waals surface area contributed by atoms with Crippen LogP contribution in [-0.2, 0) is 36.5 Å². The van der Waals surface area contributed by atoms with Gasteiger partial charge in [-0.3, -0.25) is 0 Å². The molecule has 2 heterocycles. The van der Waals surface area contributed by atoms with Gasteiger partial charge in [0.15, 0.2) is 0 Å². The van der Waals surface area contributed by atoms with Crippen LogP contribution in [0.25, 0.3) is 0 Å². The molecule has 218 valence electrons. The fourth-order valence-electron chi connectivity index (χ4n) is 4.26. The first-order valence-electron chi connectivity index (χ1n) is 13.7. The minimum absolute atomic E-state index is 0.141. The maximum absolute atomic E-state index is 13.4. The monoisotopic (exact) mass is 564 g/mol. The highest BCUT2D eigenvalue weighted by Gasteiger charge is 2.43. The zero-order valence-corrected chi connectivity index (χ0v) is 25.0. The molecule has 1 saturated heterocycles. The fraction of sp³-hybridized carbons (Fsp3) is 0.679. The van der Waals surface area contributed by atoms with Gasteiger partial charge in [0.1, 0.15) is 18.7 Å². The number of hydrogen-bond donors (Lipinski definition) is 1. The second-order valence-corrected chi connectivity index (χ2v) is 12.9. The van der Waals surface area contributed by atoms with Crippen LogP contribution in [0, 0.1) is 5.92 Å². The molecule has 2 aliphatic rings. The lowest BCUT2D eigenvalue weighted by Gasteiger charge is -2.40. The Morgan fingerprint density at radius 2 is 1.72 bits per heavy atom. The molecule has 1 fully saturated rings. The molecule has 10 nitrogen and oxygen atoms in total. The normalized spacial score (nSPS) is 23.5. The first-order chi connectivity index (χ1) is 18.5. The van der Waals surface area contributed by atoms with E-state index in [4.69, 9.17) is 28.9 Å². The second kappa shape index (κ2) is 14.2. The van der Waals surface area contributed by atoms with E-state index in [2.05, 4.69) is 18.6 Å². The van der Waals surface area contributed by atoms with Crippen molar-refractivity contribution in [3.8, 4) is 0 Å². The van der Waals surface area contributed by atoms with Gasteiger partial charge in [-0.25, -0.2) is 23.7 Å². The zero-order chi connectivity index (χ0) is 28.6. The zero-order valence-electron chi connectivity index (χ0n) is 24.2. The van der Waals surface area contributed by atoms with Crippen molar-refractivity contribution >= 4 is 28.9 Å². The summed E-state index contributed by atoms with van der Waals surface area (Å²) in [5.41, 5.74) is 0.910. The number of hydrogen-bond acceptors (Lipinski definition) is 8. The molecule has 3 rings (SSSR count). The van der Waals surface area contributed by atoms with Crippen LogP contribution >= 0.6 is 0 Å². The number of nitrogens with zero attached hydrogens (tertiary/aromatic N) is 3. The number of amides is 1. The van der Waals surface area contributed by atoms with Crippen molar-refractivity contribution in [1.82, 2.24) is 9.62 Å². The van der Waals surface area contributed by atoms with Crippen molar-refractivity contribution in [3.05, 3.63) is 35.9 Å². The first kappa shape index (κ1) is 31.0. The summed E-state index contributed by atoms with van der Waals surface area (Å²) < 4.78 is 39.7. The van der Waals surface area contributed by atoms with E-state index in [0.717, 1.165) is 5.56 Å². The Kier molecular flexibility index (Phi) is 11.3. The molecule has 0 spiro atoms. The van der Waals surface area contributed by atoms with Crippen LogP contribution in [0.3, 0.4) is 0 Å². The molecule has 39 heavy (non-hydrogen) atoms. The third-order valence-corrected chi connectivity index (χ3v) is 7.95. The third-order valence-electron chi connectivity index (χ3n) is 6.35. The average molecular weight is 565 g/mol. The molecule has 0 radical (unpaired) electrons. The summed E-state index contributed by atoms with van der Waals surface area (Å²) in [7, 11) is -1.46. The predicted octanol–water partition coefficient (Wildman–Crippen LogP) is 3.72. The second-order valence-electron chi connectivity index (χ2n) is 10.9. The summed E-state index contributed by atoms with van der Waals surface area (Å²) in [6.45, 7) is 15.5. The average Bonchev–Trinajstić information content (AvgIpc) is 2.91. The Labute approximate surface area is 235 Å². The Morgan fingerprint density at radius 3 is 2.31 bits per heavy atom. The lowest BCUT2D eigenvalue weighted by molar-refractivity contribution is -0.0428. The maximum Gasteiger partial charge on any atom is 0.410 e. The molecule has 1 amide bonds. The minimum Gasteiger partial charge on any atom is -0.480 e. The van der Waals surface area contributed by atoms with Gasteiger partial charge in [-0.05, 0) is 46.1 Å². The van der Waals surface area contributed by atoms with Gasteiger partial charge in [0, 0.05) is 6.54 Å². The number of ether oxygens (including phenoxy) is 4. The number of benzene rings is 1. The van der Waals surface area contributed by atoms with E-state index < -0.39 is 40.0 Å². The van der Waals surface area contributed by atoms with Gasteiger partial charge < -0.3 is 23.8 Å². The molecule has 0 unspecified atom stereocenters. The summed E-state index contributed by atoms with van der Waals surface area (Å²) >= 11 is 0. The quantitative estimate of drug-likeness (QED) is 0.490. The van der Waals surface area contributed by atoms with E-state index in [-0.39, 0.29) is 25.1 Å². The van der Waals surface area contributed by atoms with Crippen LogP contribution in [0.15, 0.2) is 40.3 Å². The number of aliphatic imine (C=N–C) groups is 2. The molecule has 1 aromatic carbocycles. The van der Waals surface area contributed by atoms with Gasteiger partial charge >= 0.3 is 6.09 Å². The molecule has 1 aromatic rings. The number of nitrogens with one attached hydrogen (secondary N) is 1. The van der Waals surface area contributed by atoms with Crippen molar-refractivity contribution in [2.75, 3.05) is 32.9 Å². The van der Waals surface area contributed by atoms with Crippen LogP contribution in [0.4, 0.5) is 4.79 Å². The highest BCUT2D eigenvalue weighted by molar-refractivity contribution is 7.84. The lowest BCUT2D eigenvalue weighted by atomic mass is 9.97.